The second-order valence-electron chi connectivity index (χ2n) is 11.2. The van der Waals surface area contributed by atoms with Crippen molar-refractivity contribution in [2.45, 2.75) is 187 Å². The number of aliphatic hydroxyl groups excluding tert-OH is 2. The minimum atomic E-state index is -0.656. The van der Waals surface area contributed by atoms with Gasteiger partial charge in [0.25, 0.3) is 0 Å². The molecule has 1 amide bonds. The molecule has 220 valence electrons. The van der Waals surface area contributed by atoms with Gasteiger partial charge < -0.3 is 15.5 Å². The maximum absolute atomic E-state index is 12.3. The summed E-state index contributed by atoms with van der Waals surface area (Å²) in [5.41, 5.74) is 0. The fourth-order valence-electron chi connectivity index (χ4n) is 4.94. The smallest absolute Gasteiger partial charge is 0.220 e. The maximum Gasteiger partial charge on any atom is 0.220 e. The second-order valence-corrected chi connectivity index (χ2v) is 11.2. The lowest BCUT2D eigenvalue weighted by atomic mass is 10.0. The van der Waals surface area contributed by atoms with Crippen molar-refractivity contribution in [3.05, 3.63) is 12.2 Å². The van der Waals surface area contributed by atoms with E-state index >= 15 is 0 Å². The highest BCUT2D eigenvalue weighted by molar-refractivity contribution is 5.76. The number of hydrogen-bond acceptors (Lipinski definition) is 3. The van der Waals surface area contributed by atoms with E-state index in [4.69, 9.17) is 0 Å². The van der Waals surface area contributed by atoms with Crippen LogP contribution in [0.15, 0.2) is 12.2 Å². The maximum atomic E-state index is 12.3. The highest BCUT2D eigenvalue weighted by Crippen LogP contribution is 2.14. The number of hydrogen-bond donors (Lipinski definition) is 3. The van der Waals surface area contributed by atoms with Crippen LogP contribution in [0.5, 0.6) is 0 Å². The average Bonchev–Trinajstić information content (AvgIpc) is 2.90. The third-order valence-corrected chi connectivity index (χ3v) is 7.53. The number of allylic oxidation sites excluding steroid dienone is 2. The lowest BCUT2D eigenvalue weighted by Crippen LogP contribution is -2.45. The van der Waals surface area contributed by atoms with Gasteiger partial charge in [0.2, 0.25) is 5.91 Å². The second kappa shape index (κ2) is 29.7. The van der Waals surface area contributed by atoms with E-state index in [2.05, 4.69) is 31.3 Å². The van der Waals surface area contributed by atoms with E-state index in [1.54, 1.807) is 0 Å². The summed E-state index contributed by atoms with van der Waals surface area (Å²) in [7, 11) is 0. The quantitative estimate of drug-likeness (QED) is 0.0676. The zero-order chi connectivity index (χ0) is 27.2. The van der Waals surface area contributed by atoms with E-state index in [9.17, 15) is 15.0 Å². The molecule has 0 saturated heterocycles. The molecule has 0 aromatic carbocycles. The molecule has 0 saturated carbocycles. The summed E-state index contributed by atoms with van der Waals surface area (Å²) in [6, 6.07) is -0.533. The van der Waals surface area contributed by atoms with Gasteiger partial charge in [-0.15, -0.1) is 0 Å². The first-order valence-corrected chi connectivity index (χ1v) is 16.4. The Labute approximate surface area is 231 Å². The van der Waals surface area contributed by atoms with Crippen LogP contribution in [0.2, 0.25) is 0 Å². The topological polar surface area (TPSA) is 69.6 Å². The van der Waals surface area contributed by atoms with Crippen LogP contribution in [-0.4, -0.2) is 34.9 Å². The predicted octanol–water partition coefficient (Wildman–Crippen LogP) is 9.17. The Morgan fingerprint density at radius 3 is 1.51 bits per heavy atom. The van der Waals surface area contributed by atoms with Crippen molar-refractivity contribution in [3.63, 3.8) is 0 Å². The normalized spacial score (nSPS) is 13.3. The van der Waals surface area contributed by atoms with Crippen molar-refractivity contribution >= 4 is 5.91 Å². The van der Waals surface area contributed by atoms with Gasteiger partial charge in [-0.3, -0.25) is 4.79 Å². The van der Waals surface area contributed by atoms with Gasteiger partial charge >= 0.3 is 0 Å². The Balaban J connectivity index is 3.60. The molecule has 0 aliphatic rings. The van der Waals surface area contributed by atoms with E-state index in [1.165, 1.54) is 122 Å². The van der Waals surface area contributed by atoms with Gasteiger partial charge in [-0.05, 0) is 38.5 Å². The summed E-state index contributed by atoms with van der Waals surface area (Å²) in [4.78, 5) is 12.3. The number of carbonyl (C=O) groups excluding carboxylic acids is 1. The van der Waals surface area contributed by atoms with E-state index < -0.39 is 12.1 Å². The van der Waals surface area contributed by atoms with Crippen LogP contribution in [0.4, 0.5) is 0 Å². The van der Waals surface area contributed by atoms with Crippen LogP contribution in [0.3, 0.4) is 0 Å². The number of rotatable bonds is 29. The average molecular weight is 524 g/mol. The Hall–Kier alpha value is -0.870. The molecule has 0 fully saturated rings. The number of amides is 1. The SMILES string of the molecule is CCCCCC/C=C\CCCCCCCC(=O)NC(CO)C(O)CCCCCCCCCCCCCC. The van der Waals surface area contributed by atoms with E-state index in [1.807, 2.05) is 0 Å². The third-order valence-electron chi connectivity index (χ3n) is 7.53. The van der Waals surface area contributed by atoms with Crippen molar-refractivity contribution in [1.29, 1.82) is 0 Å². The lowest BCUT2D eigenvalue weighted by molar-refractivity contribution is -0.123. The van der Waals surface area contributed by atoms with E-state index in [0.717, 1.165) is 25.7 Å². The predicted molar refractivity (Wildman–Crippen MR) is 161 cm³/mol. The molecule has 4 nitrogen and oxygen atoms in total. The molecule has 37 heavy (non-hydrogen) atoms. The first-order valence-electron chi connectivity index (χ1n) is 16.4. The molecular formula is C33H65NO3. The van der Waals surface area contributed by atoms with Crippen LogP contribution < -0.4 is 5.32 Å². The molecule has 0 rings (SSSR count). The van der Waals surface area contributed by atoms with Gasteiger partial charge in [0, 0.05) is 6.42 Å². The summed E-state index contributed by atoms with van der Waals surface area (Å²) < 4.78 is 0. The van der Waals surface area contributed by atoms with Crippen molar-refractivity contribution in [1.82, 2.24) is 5.32 Å². The standard InChI is InChI=1S/C33H65NO3/c1-3-5-7-9-11-13-15-17-19-21-23-25-27-29-33(37)34-31(30-35)32(36)28-26-24-22-20-18-16-14-12-10-8-6-4-2/h13,15,31-32,35-36H,3-12,14,16-30H2,1-2H3,(H,34,37)/b15-13-. The first kappa shape index (κ1) is 36.1. The Morgan fingerprint density at radius 2 is 1.03 bits per heavy atom. The molecular weight excluding hydrogens is 458 g/mol. The van der Waals surface area contributed by atoms with Gasteiger partial charge in [-0.2, -0.15) is 0 Å². The summed E-state index contributed by atoms with van der Waals surface area (Å²) in [5.74, 6) is -0.0428. The van der Waals surface area contributed by atoms with Gasteiger partial charge in [-0.25, -0.2) is 0 Å². The van der Waals surface area contributed by atoms with Gasteiger partial charge in [0.15, 0.2) is 0 Å². The molecule has 4 heteroatoms. The zero-order valence-electron chi connectivity index (χ0n) is 25.0. The number of carbonyl (C=O) groups is 1. The molecule has 3 N–H and O–H groups in total. The van der Waals surface area contributed by atoms with E-state index in [-0.39, 0.29) is 12.5 Å². The van der Waals surface area contributed by atoms with Gasteiger partial charge in [0.05, 0.1) is 18.8 Å². The van der Waals surface area contributed by atoms with Gasteiger partial charge in [-0.1, -0.05) is 142 Å². The van der Waals surface area contributed by atoms with Crippen LogP contribution in [-0.2, 0) is 4.79 Å². The monoisotopic (exact) mass is 523 g/mol. The van der Waals surface area contributed by atoms with Crippen molar-refractivity contribution < 1.29 is 15.0 Å². The first-order chi connectivity index (χ1) is 18.2. The van der Waals surface area contributed by atoms with Crippen LogP contribution >= 0.6 is 0 Å². The fraction of sp³-hybridized carbons (Fsp3) is 0.909. The summed E-state index contributed by atoms with van der Waals surface area (Å²) in [6.45, 7) is 4.32. The fourth-order valence-corrected chi connectivity index (χ4v) is 4.94. The molecule has 0 radical (unpaired) electrons. The molecule has 0 bridgehead atoms. The largest absolute Gasteiger partial charge is 0.394 e. The number of nitrogens with one attached hydrogen (secondary N) is 1. The lowest BCUT2D eigenvalue weighted by Gasteiger charge is -2.22. The molecule has 0 aromatic heterocycles. The summed E-state index contributed by atoms with van der Waals surface area (Å²) >= 11 is 0. The van der Waals surface area contributed by atoms with Crippen molar-refractivity contribution in [3.8, 4) is 0 Å². The minimum absolute atomic E-state index is 0.0428. The number of unbranched alkanes of at least 4 members (excludes halogenated alkanes) is 20. The van der Waals surface area contributed by atoms with Crippen LogP contribution in [0.1, 0.15) is 174 Å². The zero-order valence-corrected chi connectivity index (χ0v) is 25.0. The Morgan fingerprint density at radius 1 is 0.622 bits per heavy atom. The Kier molecular flexibility index (Phi) is 29.0. The van der Waals surface area contributed by atoms with Crippen molar-refractivity contribution in [2.75, 3.05) is 6.61 Å². The molecule has 0 aliphatic heterocycles. The Bertz CT molecular complexity index is 494. The third kappa shape index (κ3) is 26.5. The highest BCUT2D eigenvalue weighted by atomic mass is 16.3. The highest BCUT2D eigenvalue weighted by Gasteiger charge is 2.19. The van der Waals surface area contributed by atoms with Crippen LogP contribution in [0, 0.1) is 0 Å². The van der Waals surface area contributed by atoms with Crippen molar-refractivity contribution in [2.24, 2.45) is 0 Å². The van der Waals surface area contributed by atoms with Gasteiger partial charge in [0.1, 0.15) is 0 Å². The van der Waals surface area contributed by atoms with Crippen LogP contribution in [0.25, 0.3) is 0 Å². The minimum Gasteiger partial charge on any atom is -0.394 e. The molecule has 2 unspecified atom stereocenters. The molecule has 0 aromatic rings. The van der Waals surface area contributed by atoms with E-state index in [0.29, 0.717) is 12.8 Å². The molecule has 0 aliphatic carbocycles. The summed E-state index contributed by atoms with van der Waals surface area (Å²) in [5, 5.41) is 22.9. The molecule has 0 heterocycles. The number of aliphatic hydroxyl groups is 2. The molecule has 2 atom stereocenters. The molecule has 0 spiro atoms. The summed E-state index contributed by atoms with van der Waals surface area (Å²) in [6.07, 6.45) is 33.9.